The first-order chi connectivity index (χ1) is 8.15. The number of nitrogens with one attached hydrogen (secondary N) is 1. The Morgan fingerprint density at radius 3 is 2.88 bits per heavy atom. The molecule has 0 atom stereocenters. The summed E-state index contributed by atoms with van der Waals surface area (Å²) in [6.07, 6.45) is 4.29. The van der Waals surface area contributed by atoms with Gasteiger partial charge in [0, 0.05) is 18.5 Å². The highest BCUT2D eigenvalue weighted by Crippen LogP contribution is 2.19. The largest absolute Gasteiger partial charge is 0.370 e. The van der Waals surface area contributed by atoms with Crippen LogP contribution in [0.5, 0.6) is 0 Å². The van der Waals surface area contributed by atoms with Crippen LogP contribution in [0.3, 0.4) is 0 Å². The number of carbonyl (C=O) groups is 1. The molecule has 1 aromatic heterocycles. The van der Waals surface area contributed by atoms with Crippen molar-refractivity contribution in [2.75, 3.05) is 11.9 Å². The van der Waals surface area contributed by atoms with Crippen molar-refractivity contribution in [1.82, 2.24) is 9.97 Å². The Balaban J connectivity index is 2.41. The second-order valence-electron chi connectivity index (χ2n) is 3.70. The van der Waals surface area contributed by atoms with Gasteiger partial charge in [-0.2, -0.15) is 0 Å². The number of rotatable bonds is 7. The van der Waals surface area contributed by atoms with Crippen molar-refractivity contribution in [2.24, 2.45) is 5.73 Å². The van der Waals surface area contributed by atoms with E-state index in [2.05, 4.69) is 15.3 Å². The van der Waals surface area contributed by atoms with E-state index in [9.17, 15) is 4.79 Å². The molecule has 94 valence electrons. The molecule has 0 spiro atoms. The van der Waals surface area contributed by atoms with Gasteiger partial charge in [-0.15, -0.1) is 0 Å². The van der Waals surface area contributed by atoms with Crippen molar-refractivity contribution in [2.45, 2.75) is 32.6 Å². The number of halogens is 1. The molecule has 17 heavy (non-hydrogen) atoms. The summed E-state index contributed by atoms with van der Waals surface area (Å²) >= 11 is 5.96. The molecule has 1 heterocycles. The molecule has 1 aromatic rings. The van der Waals surface area contributed by atoms with E-state index in [0.717, 1.165) is 37.2 Å². The number of anilines is 1. The van der Waals surface area contributed by atoms with E-state index < -0.39 is 0 Å². The Bertz CT molecular complexity index is 384. The summed E-state index contributed by atoms with van der Waals surface area (Å²) in [7, 11) is 0. The first-order valence-electron chi connectivity index (χ1n) is 5.66. The van der Waals surface area contributed by atoms with Crippen LogP contribution in [-0.4, -0.2) is 22.4 Å². The molecule has 1 rings (SSSR count). The fraction of sp³-hybridized carbons (Fsp3) is 0.545. The SMILES string of the molecule is CCc1c(Cl)ncnc1NCCCCC(N)=O. The zero-order valence-electron chi connectivity index (χ0n) is 9.87. The van der Waals surface area contributed by atoms with Gasteiger partial charge in [-0.25, -0.2) is 9.97 Å². The molecule has 1 amide bonds. The fourth-order valence-electron chi connectivity index (χ4n) is 1.49. The van der Waals surface area contributed by atoms with Gasteiger partial charge < -0.3 is 11.1 Å². The summed E-state index contributed by atoms with van der Waals surface area (Å²) in [5, 5.41) is 3.68. The maximum atomic E-state index is 10.5. The predicted molar refractivity (Wildman–Crippen MR) is 68.0 cm³/mol. The van der Waals surface area contributed by atoms with Crippen LogP contribution >= 0.6 is 11.6 Å². The third kappa shape index (κ3) is 4.56. The lowest BCUT2D eigenvalue weighted by atomic mass is 10.2. The van der Waals surface area contributed by atoms with Crippen LogP contribution in [0.15, 0.2) is 6.33 Å². The van der Waals surface area contributed by atoms with Crippen molar-refractivity contribution in [3.05, 3.63) is 17.0 Å². The van der Waals surface area contributed by atoms with Crippen LogP contribution in [0.1, 0.15) is 31.7 Å². The lowest BCUT2D eigenvalue weighted by Crippen LogP contribution is -2.11. The van der Waals surface area contributed by atoms with Gasteiger partial charge in [-0.05, 0) is 19.3 Å². The quantitative estimate of drug-likeness (QED) is 0.575. The molecule has 0 unspecified atom stereocenters. The van der Waals surface area contributed by atoms with Crippen LogP contribution in [0.4, 0.5) is 5.82 Å². The topological polar surface area (TPSA) is 80.9 Å². The van der Waals surface area contributed by atoms with E-state index in [0.29, 0.717) is 11.6 Å². The van der Waals surface area contributed by atoms with Gasteiger partial charge >= 0.3 is 0 Å². The highest BCUT2D eigenvalue weighted by molar-refractivity contribution is 6.30. The van der Waals surface area contributed by atoms with Crippen molar-refractivity contribution >= 4 is 23.3 Å². The minimum absolute atomic E-state index is 0.260. The molecule has 0 aliphatic carbocycles. The lowest BCUT2D eigenvalue weighted by Gasteiger charge is -2.09. The number of hydrogen-bond donors (Lipinski definition) is 2. The summed E-state index contributed by atoms with van der Waals surface area (Å²) < 4.78 is 0. The molecule has 0 fully saturated rings. The average molecular weight is 257 g/mol. The molecular weight excluding hydrogens is 240 g/mol. The molecule has 0 radical (unpaired) electrons. The van der Waals surface area contributed by atoms with Crippen LogP contribution in [0, 0.1) is 0 Å². The molecule has 0 aromatic carbocycles. The number of hydrogen-bond acceptors (Lipinski definition) is 4. The van der Waals surface area contributed by atoms with E-state index in [1.807, 2.05) is 6.92 Å². The van der Waals surface area contributed by atoms with Gasteiger partial charge in [0.1, 0.15) is 17.3 Å². The van der Waals surface area contributed by atoms with E-state index >= 15 is 0 Å². The second kappa shape index (κ2) is 7.06. The molecule has 5 nitrogen and oxygen atoms in total. The van der Waals surface area contributed by atoms with Gasteiger partial charge in [-0.3, -0.25) is 4.79 Å². The number of carbonyl (C=O) groups excluding carboxylic acids is 1. The summed E-state index contributed by atoms with van der Waals surface area (Å²) in [6, 6.07) is 0. The summed E-state index contributed by atoms with van der Waals surface area (Å²) in [6.45, 7) is 2.75. The molecule has 0 saturated carbocycles. The fourth-order valence-corrected chi connectivity index (χ4v) is 1.75. The predicted octanol–water partition coefficient (Wildman–Crippen LogP) is 1.76. The van der Waals surface area contributed by atoms with Crippen molar-refractivity contribution in [3.8, 4) is 0 Å². The molecule has 6 heteroatoms. The van der Waals surface area contributed by atoms with Crippen molar-refractivity contribution < 1.29 is 4.79 Å². The Morgan fingerprint density at radius 2 is 2.24 bits per heavy atom. The standard InChI is InChI=1S/C11H17ClN4O/c1-2-8-10(12)15-7-16-11(8)14-6-4-3-5-9(13)17/h7H,2-6H2,1H3,(H2,13,17)(H,14,15,16). The summed E-state index contributed by atoms with van der Waals surface area (Å²) in [5.41, 5.74) is 5.97. The number of nitrogens with zero attached hydrogens (tertiary/aromatic N) is 2. The minimum Gasteiger partial charge on any atom is -0.370 e. The molecule has 0 saturated heterocycles. The number of nitrogens with two attached hydrogens (primary N) is 1. The van der Waals surface area contributed by atoms with Gasteiger partial charge in [0.2, 0.25) is 5.91 Å². The van der Waals surface area contributed by atoms with Crippen LogP contribution in [-0.2, 0) is 11.2 Å². The number of unbranched alkanes of at least 4 members (excludes halogenated alkanes) is 1. The number of amides is 1. The number of primary amides is 1. The molecule has 0 aliphatic rings. The smallest absolute Gasteiger partial charge is 0.217 e. The average Bonchev–Trinajstić information content (AvgIpc) is 2.28. The van der Waals surface area contributed by atoms with E-state index in [1.54, 1.807) is 0 Å². The maximum absolute atomic E-state index is 10.5. The Labute approximate surface area is 106 Å². The summed E-state index contributed by atoms with van der Waals surface area (Å²) in [4.78, 5) is 18.6. The second-order valence-corrected chi connectivity index (χ2v) is 4.05. The molecular formula is C11H17ClN4O. The van der Waals surface area contributed by atoms with E-state index in [1.165, 1.54) is 6.33 Å². The van der Waals surface area contributed by atoms with Gasteiger partial charge in [0.25, 0.3) is 0 Å². The maximum Gasteiger partial charge on any atom is 0.217 e. The monoisotopic (exact) mass is 256 g/mol. The van der Waals surface area contributed by atoms with Crippen molar-refractivity contribution in [1.29, 1.82) is 0 Å². The zero-order chi connectivity index (χ0) is 12.7. The van der Waals surface area contributed by atoms with Crippen LogP contribution in [0.25, 0.3) is 0 Å². The lowest BCUT2D eigenvalue weighted by molar-refractivity contribution is -0.118. The zero-order valence-corrected chi connectivity index (χ0v) is 10.6. The van der Waals surface area contributed by atoms with E-state index in [4.69, 9.17) is 17.3 Å². The van der Waals surface area contributed by atoms with Crippen LogP contribution < -0.4 is 11.1 Å². The van der Waals surface area contributed by atoms with Gasteiger partial charge in [0.05, 0.1) is 0 Å². The van der Waals surface area contributed by atoms with Crippen LogP contribution in [0.2, 0.25) is 5.15 Å². The first-order valence-corrected chi connectivity index (χ1v) is 6.04. The highest BCUT2D eigenvalue weighted by Gasteiger charge is 2.06. The van der Waals surface area contributed by atoms with E-state index in [-0.39, 0.29) is 5.91 Å². The molecule has 0 bridgehead atoms. The normalized spacial score (nSPS) is 10.2. The minimum atomic E-state index is -0.260. The number of aromatic nitrogens is 2. The van der Waals surface area contributed by atoms with Gasteiger partial charge in [0.15, 0.2) is 0 Å². The first kappa shape index (κ1) is 13.7. The Hall–Kier alpha value is -1.36. The van der Waals surface area contributed by atoms with Crippen molar-refractivity contribution in [3.63, 3.8) is 0 Å². The molecule has 0 aliphatic heterocycles. The third-order valence-corrected chi connectivity index (χ3v) is 2.71. The molecule has 3 N–H and O–H groups in total. The Kier molecular flexibility index (Phi) is 5.69. The highest BCUT2D eigenvalue weighted by atomic mass is 35.5. The third-order valence-electron chi connectivity index (χ3n) is 2.39. The van der Waals surface area contributed by atoms with Gasteiger partial charge in [-0.1, -0.05) is 18.5 Å². The summed E-state index contributed by atoms with van der Waals surface area (Å²) in [5.74, 6) is 0.510. The Morgan fingerprint density at radius 1 is 1.47 bits per heavy atom.